The van der Waals surface area contributed by atoms with Crippen LogP contribution in [0.4, 0.5) is 0 Å². The fraction of sp³-hybridized carbons (Fsp3) is 0.143. The zero-order chi connectivity index (χ0) is 8.27. The van der Waals surface area contributed by atoms with E-state index in [1.807, 2.05) is 7.05 Å². The summed E-state index contributed by atoms with van der Waals surface area (Å²) >= 11 is 0. The second-order valence-electron chi connectivity index (χ2n) is 2.12. The van der Waals surface area contributed by atoms with Gasteiger partial charge in [-0.2, -0.15) is 0 Å². The summed E-state index contributed by atoms with van der Waals surface area (Å²) in [6.07, 6.45) is 5.63. The number of imidazole rings is 1. The molecule has 0 spiro atoms. The standard InChI is InChI=1S/C7H8N2O2.Na/c1-9-4-6(8-5-9)2-3-7(10)11;/h2-5H,1H3,(H,10,11);/q;+1/p-1/b3-2+;. The van der Waals surface area contributed by atoms with E-state index in [1.54, 1.807) is 17.1 Å². The summed E-state index contributed by atoms with van der Waals surface area (Å²) < 4.78 is 1.73. The number of nitrogens with zero attached hydrogens (tertiary/aromatic N) is 2. The molecule has 0 fully saturated rings. The van der Waals surface area contributed by atoms with Crippen LogP contribution in [-0.4, -0.2) is 15.5 Å². The van der Waals surface area contributed by atoms with Crippen molar-refractivity contribution in [1.82, 2.24) is 9.55 Å². The Morgan fingerprint density at radius 2 is 2.42 bits per heavy atom. The maximum Gasteiger partial charge on any atom is 1.00 e. The van der Waals surface area contributed by atoms with E-state index in [-0.39, 0.29) is 29.6 Å². The van der Waals surface area contributed by atoms with Gasteiger partial charge >= 0.3 is 29.6 Å². The van der Waals surface area contributed by atoms with Gasteiger partial charge in [-0.05, 0) is 12.2 Å². The van der Waals surface area contributed by atoms with Crippen LogP contribution >= 0.6 is 0 Å². The van der Waals surface area contributed by atoms with Crippen LogP contribution in [-0.2, 0) is 11.8 Å². The Kier molecular flexibility index (Phi) is 4.89. The largest absolute Gasteiger partial charge is 1.00 e. The molecular formula is C7H7N2NaO2. The molecule has 1 rings (SSSR count). The molecule has 0 aliphatic rings. The van der Waals surface area contributed by atoms with Crippen LogP contribution in [0.3, 0.4) is 0 Å². The van der Waals surface area contributed by atoms with Gasteiger partial charge < -0.3 is 14.5 Å². The molecule has 0 bridgehead atoms. The van der Waals surface area contributed by atoms with Crippen LogP contribution in [0, 0.1) is 0 Å². The van der Waals surface area contributed by atoms with Gasteiger partial charge in [0, 0.05) is 13.2 Å². The fourth-order valence-electron chi connectivity index (χ4n) is 0.673. The van der Waals surface area contributed by atoms with Gasteiger partial charge in [0.25, 0.3) is 0 Å². The molecule has 1 heterocycles. The van der Waals surface area contributed by atoms with E-state index in [0.717, 1.165) is 6.08 Å². The molecule has 1 aromatic heterocycles. The molecule has 4 nitrogen and oxygen atoms in total. The SMILES string of the molecule is Cn1cnc(/C=C/C(=O)[O-])c1.[Na+]. The molecule has 0 saturated carbocycles. The van der Waals surface area contributed by atoms with E-state index in [4.69, 9.17) is 0 Å². The number of aliphatic carboxylic acids is 1. The van der Waals surface area contributed by atoms with Gasteiger partial charge in [-0.3, -0.25) is 0 Å². The number of carboxylic acid groups (broad SMARTS) is 1. The first kappa shape index (κ1) is 11.4. The van der Waals surface area contributed by atoms with Crippen molar-refractivity contribution in [2.45, 2.75) is 0 Å². The van der Waals surface area contributed by atoms with Crippen LogP contribution in [0.5, 0.6) is 0 Å². The van der Waals surface area contributed by atoms with Crippen LogP contribution in [0.25, 0.3) is 6.08 Å². The van der Waals surface area contributed by atoms with Crippen LogP contribution in [0.15, 0.2) is 18.6 Å². The third-order valence-corrected chi connectivity index (χ3v) is 1.12. The molecule has 0 amide bonds. The summed E-state index contributed by atoms with van der Waals surface area (Å²) in [5, 5.41) is 9.95. The molecule has 1 aromatic rings. The molecule has 5 heteroatoms. The fourth-order valence-corrected chi connectivity index (χ4v) is 0.673. The first-order valence-corrected chi connectivity index (χ1v) is 3.05. The second-order valence-corrected chi connectivity index (χ2v) is 2.12. The summed E-state index contributed by atoms with van der Waals surface area (Å²) in [7, 11) is 1.81. The number of carbonyl (C=O) groups is 1. The zero-order valence-electron chi connectivity index (χ0n) is 7.02. The normalized spacial score (nSPS) is 9.75. The Labute approximate surface area is 92.2 Å². The van der Waals surface area contributed by atoms with Crippen molar-refractivity contribution >= 4 is 12.0 Å². The van der Waals surface area contributed by atoms with Crippen molar-refractivity contribution < 1.29 is 39.5 Å². The van der Waals surface area contributed by atoms with E-state index >= 15 is 0 Å². The summed E-state index contributed by atoms with van der Waals surface area (Å²) in [5.74, 6) is -1.21. The quantitative estimate of drug-likeness (QED) is 0.341. The maximum atomic E-state index is 9.95. The van der Waals surface area contributed by atoms with Crippen molar-refractivity contribution in [2.24, 2.45) is 7.05 Å². The Balaban J connectivity index is 0.00000121. The number of carbonyl (C=O) groups excluding carboxylic acids is 1. The van der Waals surface area contributed by atoms with Crippen molar-refractivity contribution in [1.29, 1.82) is 0 Å². The topological polar surface area (TPSA) is 58.0 Å². The average Bonchev–Trinajstić information content (AvgIpc) is 2.31. The molecule has 0 atom stereocenters. The van der Waals surface area contributed by atoms with Crippen molar-refractivity contribution in [3.8, 4) is 0 Å². The first-order valence-electron chi connectivity index (χ1n) is 3.05. The third-order valence-electron chi connectivity index (χ3n) is 1.12. The van der Waals surface area contributed by atoms with E-state index < -0.39 is 5.97 Å². The molecule has 0 aliphatic carbocycles. The first-order chi connectivity index (χ1) is 5.18. The number of carboxylic acids is 1. The summed E-state index contributed by atoms with van der Waals surface area (Å²) in [4.78, 5) is 13.8. The third kappa shape index (κ3) is 3.71. The number of hydrogen-bond acceptors (Lipinski definition) is 3. The summed E-state index contributed by atoms with van der Waals surface area (Å²) in [5.41, 5.74) is 0.608. The second kappa shape index (κ2) is 5.13. The minimum absolute atomic E-state index is 0. The van der Waals surface area contributed by atoms with E-state index in [2.05, 4.69) is 4.98 Å². The van der Waals surface area contributed by atoms with Crippen LogP contribution < -0.4 is 34.7 Å². The molecule has 0 aliphatic heterocycles. The monoisotopic (exact) mass is 174 g/mol. The molecule has 0 aromatic carbocycles. The van der Waals surface area contributed by atoms with Gasteiger partial charge in [-0.15, -0.1) is 0 Å². The smallest absolute Gasteiger partial charge is 0.545 e. The van der Waals surface area contributed by atoms with E-state index in [9.17, 15) is 9.90 Å². The van der Waals surface area contributed by atoms with Gasteiger partial charge in [0.15, 0.2) is 0 Å². The Morgan fingerprint density at radius 1 is 1.75 bits per heavy atom. The number of aromatic nitrogens is 2. The van der Waals surface area contributed by atoms with Crippen molar-refractivity contribution in [2.75, 3.05) is 0 Å². The van der Waals surface area contributed by atoms with E-state index in [1.165, 1.54) is 6.08 Å². The maximum absolute atomic E-state index is 9.95. The molecule has 0 N–H and O–H groups in total. The van der Waals surface area contributed by atoms with Gasteiger partial charge in [0.05, 0.1) is 18.0 Å². The predicted octanol–water partition coefficient (Wildman–Crippen LogP) is -3.81. The van der Waals surface area contributed by atoms with Gasteiger partial charge in [0.1, 0.15) is 0 Å². The van der Waals surface area contributed by atoms with Crippen molar-refractivity contribution in [3.63, 3.8) is 0 Å². The van der Waals surface area contributed by atoms with Crippen LogP contribution in [0.2, 0.25) is 0 Å². The van der Waals surface area contributed by atoms with Crippen molar-refractivity contribution in [3.05, 3.63) is 24.3 Å². The summed E-state index contributed by atoms with van der Waals surface area (Å²) in [6, 6.07) is 0. The molecule has 0 radical (unpaired) electrons. The number of aryl methyl sites for hydroxylation is 1. The molecule has 58 valence electrons. The summed E-state index contributed by atoms with van der Waals surface area (Å²) in [6.45, 7) is 0. The Hall–Kier alpha value is -0.580. The van der Waals surface area contributed by atoms with Crippen LogP contribution in [0.1, 0.15) is 5.69 Å². The number of rotatable bonds is 2. The minimum Gasteiger partial charge on any atom is -0.545 e. The molecule has 0 saturated heterocycles. The minimum atomic E-state index is -1.21. The molecular weight excluding hydrogens is 167 g/mol. The van der Waals surface area contributed by atoms with E-state index in [0.29, 0.717) is 5.69 Å². The molecule has 12 heavy (non-hydrogen) atoms. The van der Waals surface area contributed by atoms with Gasteiger partial charge in [0.2, 0.25) is 0 Å². The number of hydrogen-bond donors (Lipinski definition) is 0. The Morgan fingerprint density at radius 3 is 2.83 bits per heavy atom. The predicted molar refractivity (Wildman–Crippen MR) is 37.2 cm³/mol. The van der Waals surface area contributed by atoms with Gasteiger partial charge in [-0.1, -0.05) is 0 Å². The molecule has 0 unspecified atom stereocenters. The Bertz CT molecular complexity index is 293. The average molecular weight is 174 g/mol. The zero-order valence-corrected chi connectivity index (χ0v) is 9.02. The van der Waals surface area contributed by atoms with Gasteiger partial charge in [-0.25, -0.2) is 4.98 Å².